The molecular weight excluding hydrogens is 278 g/mol. The smallest absolute Gasteiger partial charge is 0.294 e. The lowest BCUT2D eigenvalue weighted by Gasteiger charge is -2.18. The summed E-state index contributed by atoms with van der Waals surface area (Å²) in [6.07, 6.45) is 5.35. The minimum Gasteiger partial charge on any atom is -0.302 e. The van der Waals surface area contributed by atoms with Crippen molar-refractivity contribution in [3.63, 3.8) is 0 Å². The van der Waals surface area contributed by atoms with Crippen molar-refractivity contribution in [3.05, 3.63) is 34.2 Å². The molecule has 6 nitrogen and oxygen atoms in total. The van der Waals surface area contributed by atoms with Crippen LogP contribution >= 0.6 is 0 Å². The summed E-state index contributed by atoms with van der Waals surface area (Å²) in [5, 5.41) is 16.7. The van der Waals surface area contributed by atoms with Crippen LogP contribution < -0.4 is 11.0 Å². The number of rotatable bonds is 4. The van der Waals surface area contributed by atoms with Crippen LogP contribution in [0.2, 0.25) is 0 Å². The Hall–Kier alpha value is -2.24. The SMILES string of the molecule is CCCCn1c(=O)c(=N)n(C(=N)C2(C)CC2)c2ncccc21. The lowest BCUT2D eigenvalue weighted by molar-refractivity contribution is 0.614. The van der Waals surface area contributed by atoms with Gasteiger partial charge < -0.3 is 4.57 Å². The van der Waals surface area contributed by atoms with Gasteiger partial charge in [-0.25, -0.2) is 4.98 Å². The number of nitrogens with zero attached hydrogens (tertiary/aromatic N) is 3. The molecule has 6 heteroatoms. The van der Waals surface area contributed by atoms with Gasteiger partial charge in [-0.05, 0) is 31.4 Å². The summed E-state index contributed by atoms with van der Waals surface area (Å²) >= 11 is 0. The van der Waals surface area contributed by atoms with Crippen molar-refractivity contribution in [2.45, 2.75) is 46.1 Å². The molecule has 0 atom stereocenters. The van der Waals surface area contributed by atoms with E-state index in [2.05, 4.69) is 11.9 Å². The monoisotopic (exact) mass is 299 g/mol. The van der Waals surface area contributed by atoms with E-state index in [9.17, 15) is 4.79 Å². The van der Waals surface area contributed by atoms with E-state index in [1.807, 2.05) is 13.0 Å². The maximum Gasteiger partial charge on any atom is 0.294 e. The van der Waals surface area contributed by atoms with Gasteiger partial charge in [-0.2, -0.15) is 0 Å². The predicted molar refractivity (Wildman–Crippen MR) is 85.2 cm³/mol. The van der Waals surface area contributed by atoms with Crippen molar-refractivity contribution in [2.75, 3.05) is 0 Å². The van der Waals surface area contributed by atoms with Crippen LogP contribution in [-0.2, 0) is 6.54 Å². The molecule has 0 amide bonds. The normalized spacial score (nSPS) is 15.9. The van der Waals surface area contributed by atoms with Crippen molar-refractivity contribution in [3.8, 4) is 0 Å². The van der Waals surface area contributed by atoms with E-state index in [1.54, 1.807) is 16.8 Å². The van der Waals surface area contributed by atoms with E-state index in [4.69, 9.17) is 10.8 Å². The quantitative estimate of drug-likeness (QED) is 0.669. The van der Waals surface area contributed by atoms with E-state index in [0.29, 0.717) is 23.5 Å². The molecule has 2 N–H and O–H groups in total. The topological polar surface area (TPSA) is 87.5 Å². The fourth-order valence-corrected chi connectivity index (χ4v) is 2.66. The highest BCUT2D eigenvalue weighted by molar-refractivity contribution is 5.94. The molecule has 2 heterocycles. The molecule has 116 valence electrons. The molecule has 2 aromatic heterocycles. The van der Waals surface area contributed by atoms with Crippen molar-refractivity contribution in [1.82, 2.24) is 14.1 Å². The van der Waals surface area contributed by atoms with Gasteiger partial charge in [-0.3, -0.25) is 20.2 Å². The van der Waals surface area contributed by atoms with Crippen LogP contribution in [0.25, 0.3) is 11.2 Å². The van der Waals surface area contributed by atoms with Crippen LogP contribution in [0.4, 0.5) is 0 Å². The molecule has 1 aliphatic carbocycles. The minimum atomic E-state index is -0.344. The van der Waals surface area contributed by atoms with Gasteiger partial charge in [-0.15, -0.1) is 0 Å². The molecular formula is C16H21N5O. The minimum absolute atomic E-state index is 0.166. The summed E-state index contributed by atoms with van der Waals surface area (Å²) in [4.78, 5) is 16.9. The van der Waals surface area contributed by atoms with Gasteiger partial charge in [0.05, 0.1) is 5.52 Å². The third-order valence-electron chi connectivity index (χ3n) is 4.47. The van der Waals surface area contributed by atoms with Crippen molar-refractivity contribution in [2.24, 2.45) is 5.41 Å². The van der Waals surface area contributed by atoms with Gasteiger partial charge in [0.1, 0.15) is 5.84 Å². The zero-order chi connectivity index (χ0) is 15.9. The molecule has 0 aromatic carbocycles. The summed E-state index contributed by atoms with van der Waals surface area (Å²) < 4.78 is 3.04. The van der Waals surface area contributed by atoms with Crippen molar-refractivity contribution < 1.29 is 0 Å². The number of nitrogens with one attached hydrogen (secondary N) is 2. The Kier molecular flexibility index (Phi) is 3.47. The van der Waals surface area contributed by atoms with Gasteiger partial charge in [0, 0.05) is 18.2 Å². The average Bonchev–Trinajstić information content (AvgIpc) is 3.27. The van der Waals surface area contributed by atoms with Crippen LogP contribution in [0.1, 0.15) is 39.5 Å². The Morgan fingerprint density at radius 3 is 2.82 bits per heavy atom. The van der Waals surface area contributed by atoms with Crippen molar-refractivity contribution in [1.29, 1.82) is 10.8 Å². The highest BCUT2D eigenvalue weighted by Gasteiger charge is 2.43. The Morgan fingerprint density at radius 2 is 2.18 bits per heavy atom. The maximum absolute atomic E-state index is 12.6. The second kappa shape index (κ2) is 5.19. The number of hydrogen-bond donors (Lipinski definition) is 2. The summed E-state index contributed by atoms with van der Waals surface area (Å²) in [6.45, 7) is 4.65. The second-order valence-corrected chi connectivity index (χ2v) is 6.25. The third-order valence-corrected chi connectivity index (χ3v) is 4.47. The molecule has 1 aliphatic rings. The first kappa shape index (κ1) is 14.7. The largest absolute Gasteiger partial charge is 0.302 e. The van der Waals surface area contributed by atoms with Gasteiger partial charge >= 0.3 is 0 Å². The first-order valence-corrected chi connectivity index (χ1v) is 7.74. The molecule has 22 heavy (non-hydrogen) atoms. The number of fused-ring (bicyclic) bond motifs is 1. The molecule has 0 saturated heterocycles. The van der Waals surface area contributed by atoms with Gasteiger partial charge in [-0.1, -0.05) is 20.3 Å². The highest BCUT2D eigenvalue weighted by Crippen LogP contribution is 2.46. The van der Waals surface area contributed by atoms with Crippen LogP contribution in [0.5, 0.6) is 0 Å². The molecule has 2 aromatic rings. The van der Waals surface area contributed by atoms with Gasteiger partial charge in [0.15, 0.2) is 11.1 Å². The first-order valence-electron chi connectivity index (χ1n) is 7.74. The van der Waals surface area contributed by atoms with Crippen molar-refractivity contribution >= 4 is 17.0 Å². The van der Waals surface area contributed by atoms with Gasteiger partial charge in [0.25, 0.3) is 5.56 Å². The summed E-state index contributed by atoms with van der Waals surface area (Å²) in [5.74, 6) is 0.306. The number of aromatic nitrogens is 3. The zero-order valence-electron chi connectivity index (χ0n) is 13.0. The van der Waals surface area contributed by atoms with Crippen LogP contribution in [0.15, 0.2) is 23.1 Å². The Labute approximate surface area is 128 Å². The predicted octanol–water partition coefficient (Wildman–Crippen LogP) is 2.10. The lowest BCUT2D eigenvalue weighted by atomic mass is 10.1. The van der Waals surface area contributed by atoms with Crippen LogP contribution in [-0.4, -0.2) is 20.0 Å². The Morgan fingerprint density at radius 1 is 1.45 bits per heavy atom. The molecule has 0 bridgehead atoms. The molecule has 1 fully saturated rings. The van der Waals surface area contributed by atoms with E-state index in [1.165, 1.54) is 4.57 Å². The van der Waals surface area contributed by atoms with Gasteiger partial charge in [0.2, 0.25) is 0 Å². The van der Waals surface area contributed by atoms with E-state index >= 15 is 0 Å². The Balaban J connectivity index is 2.31. The molecule has 0 spiro atoms. The summed E-state index contributed by atoms with van der Waals surface area (Å²) in [6, 6.07) is 3.64. The first-order chi connectivity index (χ1) is 10.5. The number of pyridine rings is 1. The summed E-state index contributed by atoms with van der Waals surface area (Å²) in [5.41, 5.74) is 0.489. The number of unbranched alkanes of at least 4 members (excludes halogenated alkanes) is 1. The summed E-state index contributed by atoms with van der Waals surface area (Å²) in [7, 11) is 0. The van der Waals surface area contributed by atoms with E-state index in [0.717, 1.165) is 25.7 Å². The Bertz CT molecular complexity index is 857. The number of hydrogen-bond acceptors (Lipinski definition) is 4. The van der Waals surface area contributed by atoms with Crippen LogP contribution in [0, 0.1) is 16.2 Å². The lowest BCUT2D eigenvalue weighted by Crippen LogP contribution is -2.45. The third kappa shape index (κ3) is 2.19. The number of aryl methyl sites for hydroxylation is 1. The standard InChI is InChI=1S/C16H21N5O/c1-3-4-10-20-11-6-5-9-19-13(11)21(12(17)14(20)22)15(18)16(2)7-8-16/h5-6,9,17-18H,3-4,7-8,10H2,1-2H3. The average molecular weight is 299 g/mol. The fraction of sp³-hybridized carbons (Fsp3) is 0.500. The second-order valence-electron chi connectivity index (χ2n) is 6.25. The highest BCUT2D eigenvalue weighted by atomic mass is 16.1. The van der Waals surface area contributed by atoms with E-state index in [-0.39, 0.29) is 16.5 Å². The molecule has 0 radical (unpaired) electrons. The maximum atomic E-state index is 12.6. The molecule has 1 saturated carbocycles. The fourth-order valence-electron chi connectivity index (χ4n) is 2.66. The zero-order valence-corrected chi connectivity index (χ0v) is 13.0. The molecule has 0 aliphatic heterocycles. The van der Waals surface area contributed by atoms with E-state index < -0.39 is 0 Å². The van der Waals surface area contributed by atoms with Crippen LogP contribution in [0.3, 0.4) is 0 Å². The molecule has 0 unspecified atom stereocenters. The molecule has 3 rings (SSSR count).